The van der Waals surface area contributed by atoms with Gasteiger partial charge in [0, 0.05) is 18.0 Å². The number of benzene rings is 2. The molecule has 3 nitrogen and oxygen atoms in total. The summed E-state index contributed by atoms with van der Waals surface area (Å²) in [5, 5.41) is 3.58. The standard InChI is InChI=1S/C20H16Cl3F3N2O/c21-15-7-13(8-16(22)18(15)23)19(20(24,25)26)9-17(28-29-19)11-3-1-10(2-4-11)12-5-14(27)6-12/h1-4,7-8,12,14H,5-6,9,27H2. The van der Waals surface area contributed by atoms with Crippen molar-refractivity contribution < 1.29 is 18.0 Å². The molecule has 4 rings (SSSR count). The van der Waals surface area contributed by atoms with Crippen LogP contribution in [-0.2, 0) is 10.4 Å². The van der Waals surface area contributed by atoms with E-state index >= 15 is 0 Å². The second-order valence-corrected chi connectivity index (χ2v) is 8.63. The third kappa shape index (κ3) is 3.61. The van der Waals surface area contributed by atoms with Crippen molar-refractivity contribution in [2.24, 2.45) is 10.9 Å². The fraction of sp³-hybridized carbons (Fsp3) is 0.350. The number of alkyl halides is 3. The average Bonchev–Trinajstić information content (AvgIpc) is 3.10. The molecule has 1 aliphatic carbocycles. The van der Waals surface area contributed by atoms with Crippen LogP contribution in [0, 0.1) is 0 Å². The van der Waals surface area contributed by atoms with Gasteiger partial charge in [0.2, 0.25) is 0 Å². The summed E-state index contributed by atoms with van der Waals surface area (Å²) in [6.45, 7) is 0. The quantitative estimate of drug-likeness (QED) is 0.533. The van der Waals surface area contributed by atoms with Crippen molar-refractivity contribution >= 4 is 40.5 Å². The third-order valence-corrected chi connectivity index (χ3v) is 6.72. The topological polar surface area (TPSA) is 47.6 Å². The molecular weight excluding hydrogens is 448 g/mol. The van der Waals surface area contributed by atoms with Crippen molar-refractivity contribution in [3.63, 3.8) is 0 Å². The van der Waals surface area contributed by atoms with Crippen molar-refractivity contribution in [1.82, 2.24) is 0 Å². The Balaban J connectivity index is 1.63. The Hall–Kier alpha value is -1.47. The summed E-state index contributed by atoms with van der Waals surface area (Å²) in [5.74, 6) is 0.397. The van der Waals surface area contributed by atoms with E-state index in [1.54, 1.807) is 12.1 Å². The Bertz CT molecular complexity index is 949. The zero-order chi connectivity index (χ0) is 21.0. The van der Waals surface area contributed by atoms with Crippen LogP contribution < -0.4 is 5.73 Å². The van der Waals surface area contributed by atoms with Gasteiger partial charge in [-0.2, -0.15) is 13.2 Å². The Labute approximate surface area is 180 Å². The van der Waals surface area contributed by atoms with Crippen LogP contribution in [0.1, 0.15) is 41.9 Å². The zero-order valence-electron chi connectivity index (χ0n) is 14.9. The van der Waals surface area contributed by atoms with E-state index in [0.717, 1.165) is 30.5 Å². The molecule has 1 heterocycles. The maximum absolute atomic E-state index is 14.1. The molecular formula is C20H16Cl3F3N2O. The highest BCUT2D eigenvalue weighted by Crippen LogP contribution is 2.50. The number of oxime groups is 1. The van der Waals surface area contributed by atoms with Crippen LogP contribution >= 0.6 is 34.8 Å². The summed E-state index contributed by atoms with van der Waals surface area (Å²) in [7, 11) is 0. The van der Waals surface area contributed by atoms with E-state index in [2.05, 4.69) is 5.16 Å². The fourth-order valence-corrected chi connectivity index (χ4v) is 4.33. The van der Waals surface area contributed by atoms with Crippen molar-refractivity contribution in [3.8, 4) is 0 Å². The second-order valence-electron chi connectivity index (χ2n) is 7.44. The lowest BCUT2D eigenvalue weighted by Gasteiger charge is -2.32. The second kappa shape index (κ2) is 7.34. The van der Waals surface area contributed by atoms with Gasteiger partial charge < -0.3 is 10.6 Å². The van der Waals surface area contributed by atoms with Crippen LogP contribution in [0.4, 0.5) is 13.2 Å². The molecule has 2 aromatic rings. The molecule has 2 aliphatic rings. The molecule has 1 unspecified atom stereocenters. The normalized spacial score (nSPS) is 26.7. The highest BCUT2D eigenvalue weighted by Gasteiger charge is 2.62. The lowest BCUT2D eigenvalue weighted by molar-refractivity contribution is -0.275. The molecule has 2 aromatic carbocycles. The van der Waals surface area contributed by atoms with Gasteiger partial charge in [0.25, 0.3) is 5.60 Å². The van der Waals surface area contributed by atoms with Gasteiger partial charge in [0.1, 0.15) is 0 Å². The lowest BCUT2D eigenvalue weighted by atomic mass is 9.76. The lowest BCUT2D eigenvalue weighted by Crippen LogP contribution is -2.42. The molecule has 0 saturated heterocycles. The molecule has 0 radical (unpaired) electrons. The van der Waals surface area contributed by atoms with E-state index in [0.29, 0.717) is 11.5 Å². The first-order valence-electron chi connectivity index (χ1n) is 8.93. The Morgan fingerprint density at radius 1 is 1.03 bits per heavy atom. The van der Waals surface area contributed by atoms with E-state index in [4.69, 9.17) is 45.4 Å². The Morgan fingerprint density at radius 3 is 2.14 bits per heavy atom. The van der Waals surface area contributed by atoms with E-state index in [-0.39, 0.29) is 32.4 Å². The number of hydrogen-bond donors (Lipinski definition) is 1. The summed E-state index contributed by atoms with van der Waals surface area (Å²) in [6.07, 6.45) is -3.42. The van der Waals surface area contributed by atoms with Crippen LogP contribution in [-0.4, -0.2) is 17.9 Å². The number of rotatable bonds is 3. The molecule has 0 bridgehead atoms. The molecule has 2 N–H and O–H groups in total. The van der Waals surface area contributed by atoms with Gasteiger partial charge >= 0.3 is 6.18 Å². The third-order valence-electron chi connectivity index (χ3n) is 5.53. The van der Waals surface area contributed by atoms with Gasteiger partial charge in [0.05, 0.1) is 20.8 Å². The van der Waals surface area contributed by atoms with Crippen molar-refractivity contribution in [2.45, 2.75) is 43.0 Å². The van der Waals surface area contributed by atoms with Crippen LogP contribution in [0.15, 0.2) is 41.6 Å². The molecule has 0 amide bonds. The van der Waals surface area contributed by atoms with E-state index in [1.165, 1.54) is 0 Å². The molecule has 1 saturated carbocycles. The number of halogens is 6. The van der Waals surface area contributed by atoms with Crippen LogP contribution in [0.3, 0.4) is 0 Å². The predicted octanol–water partition coefficient (Wildman–Crippen LogP) is 6.43. The predicted molar refractivity (Wildman–Crippen MR) is 108 cm³/mol. The largest absolute Gasteiger partial charge is 0.435 e. The Morgan fingerprint density at radius 2 is 1.62 bits per heavy atom. The molecule has 1 aliphatic heterocycles. The summed E-state index contributed by atoms with van der Waals surface area (Å²) in [6, 6.07) is 9.77. The smallest absolute Gasteiger partial charge is 0.374 e. The van der Waals surface area contributed by atoms with Gasteiger partial charge in [-0.15, -0.1) is 0 Å². The minimum atomic E-state index is -4.75. The van der Waals surface area contributed by atoms with E-state index < -0.39 is 18.2 Å². The minimum absolute atomic E-state index is 0.0140. The molecule has 29 heavy (non-hydrogen) atoms. The first-order chi connectivity index (χ1) is 13.6. The first kappa shape index (κ1) is 20.8. The summed E-state index contributed by atoms with van der Waals surface area (Å²) in [5.41, 5.74) is 4.77. The van der Waals surface area contributed by atoms with Gasteiger partial charge in [-0.3, -0.25) is 0 Å². The zero-order valence-corrected chi connectivity index (χ0v) is 17.2. The summed E-state index contributed by atoms with van der Waals surface area (Å²) >= 11 is 17.8. The molecule has 1 fully saturated rings. The van der Waals surface area contributed by atoms with Crippen LogP contribution in [0.25, 0.3) is 0 Å². The summed E-state index contributed by atoms with van der Waals surface area (Å²) in [4.78, 5) is 5.02. The van der Waals surface area contributed by atoms with Crippen molar-refractivity contribution in [2.75, 3.05) is 0 Å². The monoisotopic (exact) mass is 462 g/mol. The molecule has 154 valence electrons. The maximum Gasteiger partial charge on any atom is 0.435 e. The van der Waals surface area contributed by atoms with E-state index in [1.807, 2.05) is 12.1 Å². The molecule has 1 atom stereocenters. The van der Waals surface area contributed by atoms with Gasteiger partial charge in [0.15, 0.2) is 0 Å². The van der Waals surface area contributed by atoms with Crippen LogP contribution in [0.2, 0.25) is 15.1 Å². The molecule has 0 aromatic heterocycles. The SMILES string of the molecule is NC1CC(c2ccc(C3=NOC(c4cc(Cl)c(Cl)c(Cl)c4)(C(F)(F)F)C3)cc2)C1. The number of nitrogens with two attached hydrogens (primary N) is 1. The summed E-state index contributed by atoms with van der Waals surface area (Å²) < 4.78 is 42.3. The van der Waals surface area contributed by atoms with Gasteiger partial charge in [-0.25, -0.2) is 0 Å². The van der Waals surface area contributed by atoms with Gasteiger partial charge in [-0.1, -0.05) is 64.2 Å². The maximum atomic E-state index is 14.1. The van der Waals surface area contributed by atoms with E-state index in [9.17, 15) is 13.2 Å². The van der Waals surface area contributed by atoms with Crippen molar-refractivity contribution in [3.05, 3.63) is 68.2 Å². The van der Waals surface area contributed by atoms with Crippen LogP contribution in [0.5, 0.6) is 0 Å². The average molecular weight is 464 g/mol. The first-order valence-corrected chi connectivity index (χ1v) is 10.1. The number of nitrogens with zero attached hydrogens (tertiary/aromatic N) is 1. The highest BCUT2D eigenvalue weighted by molar-refractivity contribution is 6.48. The Kier molecular flexibility index (Phi) is 5.26. The molecule has 0 spiro atoms. The fourth-order valence-electron chi connectivity index (χ4n) is 3.73. The van der Waals surface area contributed by atoms with Gasteiger partial charge in [-0.05, 0) is 42.0 Å². The minimum Gasteiger partial charge on any atom is -0.374 e. The molecule has 9 heteroatoms. The van der Waals surface area contributed by atoms with Crippen molar-refractivity contribution in [1.29, 1.82) is 0 Å². The number of hydrogen-bond acceptors (Lipinski definition) is 3. The highest BCUT2D eigenvalue weighted by atomic mass is 35.5.